The minimum absolute atomic E-state index is 0.153. The second kappa shape index (κ2) is 2.93. The predicted octanol–water partition coefficient (Wildman–Crippen LogP) is 13.7. The molecule has 49 heavy (non-hydrogen) atoms. The number of esters is 1. The van der Waals surface area contributed by atoms with E-state index in [0.29, 0.717) is 10.9 Å². The van der Waals surface area contributed by atoms with E-state index in [9.17, 15) is 4.79 Å². The van der Waals surface area contributed by atoms with Crippen molar-refractivity contribution in [2.24, 2.45) is 0 Å². The molecule has 0 aromatic heterocycles. The summed E-state index contributed by atoms with van der Waals surface area (Å²) in [5.74, 6) is 0.153. The second-order valence-corrected chi connectivity index (χ2v) is 74.6. The Morgan fingerprint density at radius 1 is 0.531 bits per heavy atom. The molecule has 2 nitrogen and oxygen atoms in total. The van der Waals surface area contributed by atoms with Crippen LogP contribution in [0.4, 0.5) is 0 Å². The van der Waals surface area contributed by atoms with Gasteiger partial charge in [-0.2, -0.15) is 0 Å². The molecule has 0 bridgehead atoms. The molecule has 0 N–H and O–H groups in total. The van der Waals surface area contributed by atoms with Gasteiger partial charge in [0.2, 0.25) is 0 Å². The van der Waals surface area contributed by atoms with Crippen molar-refractivity contribution >= 4 is 5.97 Å². The van der Waals surface area contributed by atoms with Crippen LogP contribution in [-0.2, 0) is 26.4 Å². The third kappa shape index (κ3) is 0.443. The molecule has 1 aromatic carbocycles. The Morgan fingerprint density at radius 3 is 1.29 bits per heavy atom. The standard InChI is InChI=1S/C35H48O2.2C5H5.2Fe/c1-2-3-4-5-6-7-8-9-10-11-12-13-14-15-16-21-29-37-35(36)33-28-22-27-32(30-23-17-18-24-30)34(33)31-25-19-20-26-31;2*1-2-4-5-3-1;;/h17-20,22-28H,2-16,21,29H2,1H3;2*1-5H;;. The van der Waals surface area contributed by atoms with Crippen LogP contribution in [0.25, 0.3) is 0 Å². The summed E-state index contributed by atoms with van der Waals surface area (Å²) in [7, 11) is 0. The average molecular weight is 743 g/mol. The van der Waals surface area contributed by atoms with Gasteiger partial charge in [0.1, 0.15) is 0 Å². The molecule has 0 radical (unpaired) electrons. The number of carbonyl (C=O) groups is 1. The number of ether oxygens (including phenoxy) is 1. The van der Waals surface area contributed by atoms with Gasteiger partial charge in [-0.15, -0.1) is 0 Å². The fraction of sp³-hybridized carbons (Fsp3) is 0.844. The van der Waals surface area contributed by atoms with E-state index in [1.165, 1.54) is 189 Å². The third-order valence-corrected chi connectivity index (χ3v) is 120. The summed E-state index contributed by atoms with van der Waals surface area (Å²) in [4.78, 5) is 38.6. The molecule has 266 valence electrons. The van der Waals surface area contributed by atoms with Gasteiger partial charge < -0.3 is 0 Å². The van der Waals surface area contributed by atoms with Gasteiger partial charge in [0.15, 0.2) is 0 Å². The molecule has 8 unspecified atom stereocenters. The van der Waals surface area contributed by atoms with E-state index < -0.39 is 13.0 Å². The van der Waals surface area contributed by atoms with Crippen LogP contribution in [0.3, 0.4) is 0 Å². The minimum atomic E-state index is -3.48. The number of carbonyl (C=O) groups excluding carboxylic acids is 1. The van der Waals surface area contributed by atoms with Crippen LogP contribution in [0.1, 0.15) is 131 Å². The molecule has 20 heterocycles. The Kier molecular flexibility index (Phi) is 1.40. The molecule has 1 aromatic rings. The quantitative estimate of drug-likeness (QED) is 0.0755. The average Bonchev–Trinajstić information content (AvgIpc) is 4.00. The van der Waals surface area contributed by atoms with E-state index >= 15 is 0 Å². The number of unbranched alkanes of at least 4 members (excludes halogenated alkanes) is 15. The van der Waals surface area contributed by atoms with Gasteiger partial charge in [-0.05, 0) is 0 Å². The summed E-state index contributed by atoms with van der Waals surface area (Å²) < 4.78 is 7.89. The van der Waals surface area contributed by atoms with Gasteiger partial charge in [-0.25, -0.2) is 0 Å². The zero-order chi connectivity index (χ0) is 31.2. The first kappa shape index (κ1) is 23.5. The first-order valence-corrected chi connectivity index (χ1v) is 35.0. The van der Waals surface area contributed by atoms with Crippen molar-refractivity contribution in [3.8, 4) is 0 Å². The van der Waals surface area contributed by atoms with Crippen LogP contribution in [0.5, 0.6) is 0 Å². The zero-order valence-electron chi connectivity index (χ0n) is 29.7. The summed E-state index contributed by atoms with van der Waals surface area (Å²) in [5.41, 5.74) is 5.11. The molecule has 21 rings (SSSR count). The van der Waals surface area contributed by atoms with E-state index in [0.717, 1.165) is 10.7 Å². The molecule has 0 aliphatic carbocycles. The van der Waals surface area contributed by atoms with Crippen LogP contribution in [0, 0.1) is 0 Å². The number of benzene rings is 1. The van der Waals surface area contributed by atoms with Gasteiger partial charge in [-0.3, -0.25) is 0 Å². The fourth-order valence-electron chi connectivity index (χ4n) is 38.1. The SMILES string of the molecule is CCCCCCCCCCCCCCCCCCOC(=O)c1cccc([C]23[CH]4[CH]5[CH]6[CH]2[Fe]56432789[CH]3[CH]2[CH]7[CH]8[CH]39)c1[C]12[CH]3[CH]4[CH]5[CH]1[Fe]45321678[CH]2[CH]1[CH]6[CH]7[CH]28. The molecule has 20 fully saturated rings. The van der Waals surface area contributed by atoms with Crippen LogP contribution < -0.4 is 0 Å². The van der Waals surface area contributed by atoms with Crippen LogP contribution >= 0.6 is 0 Å². The summed E-state index contributed by atoms with van der Waals surface area (Å²) >= 11 is 0. The predicted molar refractivity (Wildman–Crippen MR) is 187 cm³/mol. The van der Waals surface area contributed by atoms with Crippen molar-refractivity contribution in [1.82, 2.24) is 0 Å². The molecule has 20 aliphatic heterocycles. The van der Waals surface area contributed by atoms with Crippen molar-refractivity contribution in [3.63, 3.8) is 0 Å². The number of hydrogen-bond acceptors (Lipinski definition) is 2. The number of fused-ring (bicyclic) bond motifs is 20. The van der Waals surface area contributed by atoms with Crippen LogP contribution in [-0.4, -0.2) is 12.6 Å². The first-order chi connectivity index (χ1) is 23.7. The van der Waals surface area contributed by atoms with Crippen molar-refractivity contribution in [1.29, 1.82) is 0 Å². The van der Waals surface area contributed by atoms with Crippen molar-refractivity contribution in [2.45, 2.75) is 205 Å². The van der Waals surface area contributed by atoms with Gasteiger partial charge >= 0.3 is 204 Å². The number of rotatable bonds is 20. The van der Waals surface area contributed by atoms with Crippen LogP contribution in [0.2, 0.25) is 86.7 Å². The van der Waals surface area contributed by atoms with Gasteiger partial charge in [-0.1, -0.05) is 71.1 Å². The van der Waals surface area contributed by atoms with E-state index in [-0.39, 0.29) is 5.97 Å². The molecular weight excluding hydrogens is 684 g/mol. The van der Waals surface area contributed by atoms with E-state index in [2.05, 4.69) is 25.1 Å². The van der Waals surface area contributed by atoms with Crippen molar-refractivity contribution < 1.29 is 22.5 Å². The maximum absolute atomic E-state index is 14.5. The third-order valence-electron chi connectivity index (χ3n) is 35.7. The molecular formula is C45H58Fe2O2. The van der Waals surface area contributed by atoms with E-state index in [1.807, 2.05) is 11.1 Å². The topological polar surface area (TPSA) is 26.3 Å². The van der Waals surface area contributed by atoms with Crippen LogP contribution in [0.15, 0.2) is 18.2 Å². The Hall–Kier alpha value is -0.271. The zero-order valence-corrected chi connectivity index (χ0v) is 31.9. The first-order valence-electron chi connectivity index (χ1n) is 22.4. The van der Waals surface area contributed by atoms with Gasteiger partial charge in [0.25, 0.3) is 0 Å². The second-order valence-electron chi connectivity index (χ2n) is 27.5. The fourth-order valence-corrected chi connectivity index (χ4v) is 186. The van der Waals surface area contributed by atoms with E-state index in [4.69, 9.17) is 4.74 Å². The summed E-state index contributed by atoms with van der Waals surface area (Å²) in [5, 5.41) is 0. The Bertz CT molecular complexity index is 2670. The molecule has 4 heteroatoms. The van der Waals surface area contributed by atoms with Crippen molar-refractivity contribution in [2.75, 3.05) is 6.61 Å². The maximum atomic E-state index is 14.5. The molecule has 20 aliphatic rings. The molecule has 2 spiro atoms. The van der Waals surface area contributed by atoms with E-state index in [1.54, 1.807) is 0 Å². The normalized spacial score (nSPS) is 86.6. The molecule has 8 atom stereocenters. The Morgan fingerprint density at radius 2 is 0.918 bits per heavy atom. The number of hydrogen-bond donors (Lipinski definition) is 0. The Balaban J connectivity index is 0.556. The van der Waals surface area contributed by atoms with Gasteiger partial charge in [0.05, 0.1) is 0 Å². The van der Waals surface area contributed by atoms with Gasteiger partial charge in [0, 0.05) is 0 Å². The molecule has 0 amide bonds. The summed E-state index contributed by atoms with van der Waals surface area (Å²) in [6.45, 7) is -3.87. The monoisotopic (exact) mass is 742 g/mol. The molecule has 20 saturated heterocycles. The summed E-state index contributed by atoms with van der Waals surface area (Å²) in [6, 6.07) is 7.59. The summed E-state index contributed by atoms with van der Waals surface area (Å²) in [6.07, 6.45) is 22.3. The van der Waals surface area contributed by atoms with Crippen molar-refractivity contribution in [3.05, 3.63) is 34.9 Å². The molecule has 0 saturated carbocycles. The Labute approximate surface area is 273 Å².